The number of aliphatic hydroxyl groups is 1. The van der Waals surface area contributed by atoms with Gasteiger partial charge >= 0.3 is 0 Å². The summed E-state index contributed by atoms with van der Waals surface area (Å²) in [6.45, 7) is 4.53. The Labute approximate surface area is 75.4 Å². The van der Waals surface area contributed by atoms with Gasteiger partial charge in [-0.25, -0.2) is 0 Å². The molecule has 1 fully saturated rings. The minimum Gasteiger partial charge on any atom is -0.395 e. The highest BCUT2D eigenvalue weighted by Crippen LogP contribution is 2.34. The molecule has 1 aliphatic carbocycles. The molecule has 1 unspecified atom stereocenters. The zero-order chi connectivity index (χ0) is 8.97. The second-order valence-electron chi connectivity index (χ2n) is 3.98. The fourth-order valence-corrected chi connectivity index (χ4v) is 1.68. The fraction of sp³-hybridized carbons (Fsp3) is 1.00. The maximum atomic E-state index is 8.89. The third kappa shape index (κ3) is 3.11. The van der Waals surface area contributed by atoms with Crippen LogP contribution in [0.3, 0.4) is 0 Å². The van der Waals surface area contributed by atoms with Gasteiger partial charge in [0.05, 0.1) is 6.61 Å². The van der Waals surface area contributed by atoms with Crippen LogP contribution in [0.5, 0.6) is 0 Å². The lowest BCUT2D eigenvalue weighted by Crippen LogP contribution is -2.39. The van der Waals surface area contributed by atoms with Crippen molar-refractivity contribution in [2.24, 2.45) is 5.92 Å². The molecule has 0 aromatic rings. The summed E-state index contributed by atoms with van der Waals surface area (Å²) in [5.74, 6) is 0.902. The monoisotopic (exact) mass is 171 g/mol. The quantitative estimate of drug-likeness (QED) is 0.635. The summed E-state index contributed by atoms with van der Waals surface area (Å²) in [5, 5.41) is 12.4. The molecule has 2 nitrogen and oxygen atoms in total. The topological polar surface area (TPSA) is 32.3 Å². The van der Waals surface area contributed by atoms with E-state index in [2.05, 4.69) is 12.2 Å². The molecule has 0 radical (unpaired) electrons. The predicted octanol–water partition coefficient (Wildman–Crippen LogP) is 1.54. The minimum atomic E-state index is 0.257. The van der Waals surface area contributed by atoms with E-state index in [4.69, 9.17) is 5.11 Å². The molecule has 0 aromatic carbocycles. The first-order valence-electron chi connectivity index (χ1n) is 5.14. The second kappa shape index (κ2) is 4.83. The Morgan fingerprint density at radius 2 is 2.17 bits per heavy atom. The zero-order valence-corrected chi connectivity index (χ0v) is 8.21. The Morgan fingerprint density at radius 3 is 2.58 bits per heavy atom. The number of nitrogens with one attached hydrogen (secondary N) is 1. The van der Waals surface area contributed by atoms with Gasteiger partial charge in [0.25, 0.3) is 0 Å². The van der Waals surface area contributed by atoms with Crippen LogP contribution in [0.4, 0.5) is 0 Å². The highest BCUT2D eigenvalue weighted by atomic mass is 16.3. The lowest BCUT2D eigenvalue weighted by atomic mass is 10.1. The van der Waals surface area contributed by atoms with Crippen molar-refractivity contribution in [3.05, 3.63) is 0 Å². The molecule has 1 aliphatic rings. The highest BCUT2D eigenvalue weighted by Gasteiger charge is 2.30. The maximum Gasteiger partial charge on any atom is 0.0582 e. The standard InChI is InChI=1S/C10H21NO/c1-3-4-10(9-5-6-9)11-8(2)7-12/h8-12H,3-7H2,1-2H3/t8-,10?/m0/s1. The molecule has 12 heavy (non-hydrogen) atoms. The van der Waals surface area contributed by atoms with Gasteiger partial charge < -0.3 is 10.4 Å². The third-order valence-corrected chi connectivity index (χ3v) is 2.56. The van der Waals surface area contributed by atoms with Gasteiger partial charge in [-0.1, -0.05) is 13.3 Å². The van der Waals surface area contributed by atoms with E-state index in [1.165, 1.54) is 25.7 Å². The molecule has 2 N–H and O–H groups in total. The number of aliphatic hydroxyl groups excluding tert-OH is 1. The molecule has 0 saturated heterocycles. The van der Waals surface area contributed by atoms with Crippen molar-refractivity contribution in [3.8, 4) is 0 Å². The summed E-state index contributed by atoms with van der Waals surface area (Å²) in [6.07, 6.45) is 5.27. The first-order valence-corrected chi connectivity index (χ1v) is 5.14. The maximum absolute atomic E-state index is 8.89. The molecule has 72 valence electrons. The van der Waals surface area contributed by atoms with Crippen LogP contribution in [0.1, 0.15) is 39.5 Å². The molecule has 0 aromatic heterocycles. The Morgan fingerprint density at radius 1 is 1.50 bits per heavy atom. The van der Waals surface area contributed by atoms with Gasteiger partial charge in [-0.2, -0.15) is 0 Å². The van der Waals surface area contributed by atoms with Crippen molar-refractivity contribution >= 4 is 0 Å². The first-order chi connectivity index (χ1) is 5.77. The van der Waals surface area contributed by atoms with E-state index in [0.29, 0.717) is 6.04 Å². The molecule has 0 bridgehead atoms. The lowest BCUT2D eigenvalue weighted by Gasteiger charge is -2.21. The van der Waals surface area contributed by atoms with Crippen LogP contribution in [0.25, 0.3) is 0 Å². The normalized spacial score (nSPS) is 22.2. The van der Waals surface area contributed by atoms with Crippen LogP contribution in [0, 0.1) is 5.92 Å². The van der Waals surface area contributed by atoms with Crippen molar-refractivity contribution in [3.63, 3.8) is 0 Å². The van der Waals surface area contributed by atoms with Crippen LogP contribution >= 0.6 is 0 Å². The van der Waals surface area contributed by atoms with E-state index < -0.39 is 0 Å². The largest absolute Gasteiger partial charge is 0.395 e. The first kappa shape index (κ1) is 10.0. The summed E-state index contributed by atoms with van der Waals surface area (Å²) in [7, 11) is 0. The minimum absolute atomic E-state index is 0.257. The number of hydrogen-bond acceptors (Lipinski definition) is 2. The van der Waals surface area contributed by atoms with Gasteiger partial charge in [0.2, 0.25) is 0 Å². The van der Waals surface area contributed by atoms with Crippen LogP contribution < -0.4 is 5.32 Å². The summed E-state index contributed by atoms with van der Waals surface area (Å²) >= 11 is 0. The van der Waals surface area contributed by atoms with E-state index >= 15 is 0 Å². The van der Waals surface area contributed by atoms with Gasteiger partial charge in [0.15, 0.2) is 0 Å². The SMILES string of the molecule is CCCC(N[C@@H](C)CO)C1CC1. The van der Waals surface area contributed by atoms with Crippen LogP contribution in [-0.2, 0) is 0 Å². The Bertz CT molecular complexity index is 123. The van der Waals surface area contributed by atoms with Crippen molar-refractivity contribution in [2.45, 2.75) is 51.6 Å². The Kier molecular flexibility index (Phi) is 4.02. The van der Waals surface area contributed by atoms with Gasteiger partial charge in [-0.15, -0.1) is 0 Å². The van der Waals surface area contributed by atoms with Gasteiger partial charge in [0, 0.05) is 12.1 Å². The van der Waals surface area contributed by atoms with E-state index in [0.717, 1.165) is 5.92 Å². The van der Waals surface area contributed by atoms with E-state index in [-0.39, 0.29) is 12.6 Å². The molecular formula is C10H21NO. The molecule has 0 amide bonds. The Balaban J connectivity index is 2.22. The molecule has 2 heteroatoms. The molecule has 1 saturated carbocycles. The molecule has 0 aliphatic heterocycles. The third-order valence-electron chi connectivity index (χ3n) is 2.56. The summed E-state index contributed by atoms with van der Waals surface area (Å²) in [5.41, 5.74) is 0. The van der Waals surface area contributed by atoms with Gasteiger partial charge in [-0.3, -0.25) is 0 Å². The van der Waals surface area contributed by atoms with Gasteiger partial charge in [0.1, 0.15) is 0 Å². The van der Waals surface area contributed by atoms with Gasteiger partial charge in [-0.05, 0) is 32.1 Å². The van der Waals surface area contributed by atoms with E-state index in [1.807, 2.05) is 6.92 Å². The zero-order valence-electron chi connectivity index (χ0n) is 8.21. The predicted molar refractivity (Wildman–Crippen MR) is 51.1 cm³/mol. The molecule has 0 spiro atoms. The highest BCUT2D eigenvalue weighted by molar-refractivity contribution is 4.87. The Hall–Kier alpha value is -0.0800. The number of rotatable bonds is 6. The van der Waals surface area contributed by atoms with Crippen LogP contribution in [0.2, 0.25) is 0 Å². The van der Waals surface area contributed by atoms with E-state index in [9.17, 15) is 0 Å². The average Bonchev–Trinajstić information content (AvgIpc) is 2.86. The lowest BCUT2D eigenvalue weighted by molar-refractivity contribution is 0.232. The fourth-order valence-electron chi connectivity index (χ4n) is 1.68. The van der Waals surface area contributed by atoms with E-state index in [1.54, 1.807) is 0 Å². The number of hydrogen-bond donors (Lipinski definition) is 2. The van der Waals surface area contributed by atoms with Crippen molar-refractivity contribution in [2.75, 3.05) is 6.61 Å². The smallest absolute Gasteiger partial charge is 0.0582 e. The van der Waals surface area contributed by atoms with Crippen LogP contribution in [0.15, 0.2) is 0 Å². The summed E-state index contributed by atoms with van der Waals surface area (Å²) in [4.78, 5) is 0. The van der Waals surface area contributed by atoms with Crippen molar-refractivity contribution in [1.82, 2.24) is 5.32 Å². The van der Waals surface area contributed by atoms with Crippen molar-refractivity contribution in [1.29, 1.82) is 0 Å². The molecular weight excluding hydrogens is 150 g/mol. The average molecular weight is 171 g/mol. The molecule has 0 heterocycles. The summed E-state index contributed by atoms with van der Waals surface area (Å²) in [6, 6.07) is 0.930. The summed E-state index contributed by atoms with van der Waals surface area (Å²) < 4.78 is 0. The van der Waals surface area contributed by atoms with Crippen molar-refractivity contribution < 1.29 is 5.11 Å². The second-order valence-corrected chi connectivity index (χ2v) is 3.98. The molecule has 2 atom stereocenters. The van der Waals surface area contributed by atoms with Crippen LogP contribution in [-0.4, -0.2) is 23.8 Å². The molecule has 1 rings (SSSR count).